The molecule has 0 aliphatic rings. The molecule has 0 bridgehead atoms. The van der Waals surface area contributed by atoms with Crippen molar-refractivity contribution in [3.63, 3.8) is 0 Å². The van der Waals surface area contributed by atoms with Crippen molar-refractivity contribution >= 4 is 5.97 Å². The topological polar surface area (TPSA) is 66.8 Å². The Morgan fingerprint density at radius 3 is 2.00 bits per heavy atom. The van der Waals surface area contributed by atoms with Crippen molar-refractivity contribution in [1.29, 1.82) is 0 Å². The Balaban J connectivity index is 4.41. The van der Waals surface area contributed by atoms with Crippen LogP contribution >= 0.6 is 0 Å². The number of ether oxygens (including phenoxy) is 1. The van der Waals surface area contributed by atoms with Gasteiger partial charge in [-0.05, 0) is 5.41 Å². The number of carbonyl (C=O) groups excluding carboxylic acids is 1. The average Bonchev–Trinajstić information content (AvgIpc) is 1.99. The Kier molecular flexibility index (Phi) is 4.95. The summed E-state index contributed by atoms with van der Waals surface area (Å²) in [6, 6.07) is 0. The molecule has 0 heterocycles. The highest BCUT2D eigenvalue weighted by Crippen LogP contribution is 2.27. The highest BCUT2D eigenvalue weighted by Gasteiger charge is 2.34. The fraction of sp³-hybridized carbons (Fsp3) is 0.917. The number of esters is 1. The maximum absolute atomic E-state index is 11.3. The fourth-order valence-electron chi connectivity index (χ4n) is 1.04. The first-order chi connectivity index (χ1) is 6.96. The van der Waals surface area contributed by atoms with E-state index in [1.54, 1.807) is 13.8 Å². The molecule has 0 fully saturated rings. The predicted molar refractivity (Wildman–Crippen MR) is 61.6 cm³/mol. The maximum atomic E-state index is 11.3. The maximum Gasteiger partial charge on any atom is 0.310 e. The lowest BCUT2D eigenvalue weighted by molar-refractivity contribution is -0.218. The predicted octanol–water partition coefficient (Wildman–Crippen LogP) is 1.69. The third kappa shape index (κ3) is 5.47. The van der Waals surface area contributed by atoms with Crippen molar-refractivity contribution in [3.8, 4) is 0 Å². The van der Waals surface area contributed by atoms with Gasteiger partial charge in [-0.3, -0.25) is 4.79 Å². The lowest BCUT2D eigenvalue weighted by Gasteiger charge is -2.32. The van der Waals surface area contributed by atoms with Crippen molar-refractivity contribution in [1.82, 2.24) is 0 Å². The van der Waals surface area contributed by atoms with Crippen LogP contribution in [0.1, 0.15) is 48.0 Å². The molecular weight excluding hydrogens is 208 g/mol. The normalized spacial score (nSPS) is 18.1. The largest absolute Gasteiger partial charge is 0.433 e. The first-order valence-electron chi connectivity index (χ1n) is 5.59. The zero-order valence-corrected chi connectivity index (χ0v) is 11.1. The van der Waals surface area contributed by atoms with Crippen LogP contribution in [0.3, 0.4) is 0 Å². The SMILES string of the molecule is CC(C)C(=O)OC(C)(O)CC(O)C(C)(C)C. The third-order valence-corrected chi connectivity index (χ3v) is 2.36. The minimum atomic E-state index is -1.62. The molecule has 4 heteroatoms. The van der Waals surface area contributed by atoms with Gasteiger partial charge in [0.25, 0.3) is 0 Å². The molecule has 0 spiro atoms. The lowest BCUT2D eigenvalue weighted by Crippen LogP contribution is -2.40. The van der Waals surface area contributed by atoms with Crippen LogP contribution in [0.25, 0.3) is 0 Å². The van der Waals surface area contributed by atoms with Crippen molar-refractivity contribution in [2.75, 3.05) is 0 Å². The van der Waals surface area contributed by atoms with Gasteiger partial charge in [0.15, 0.2) is 0 Å². The molecule has 0 amide bonds. The minimum Gasteiger partial charge on any atom is -0.433 e. The van der Waals surface area contributed by atoms with Gasteiger partial charge in [0.2, 0.25) is 5.79 Å². The smallest absolute Gasteiger partial charge is 0.310 e. The molecule has 2 N–H and O–H groups in total. The van der Waals surface area contributed by atoms with E-state index in [1.165, 1.54) is 6.92 Å². The molecule has 2 unspecified atom stereocenters. The summed E-state index contributed by atoms with van der Waals surface area (Å²) in [4.78, 5) is 11.3. The van der Waals surface area contributed by atoms with Crippen LogP contribution in [-0.4, -0.2) is 28.1 Å². The van der Waals surface area contributed by atoms with Crippen molar-refractivity contribution < 1.29 is 19.7 Å². The van der Waals surface area contributed by atoms with Gasteiger partial charge in [-0.1, -0.05) is 34.6 Å². The van der Waals surface area contributed by atoms with E-state index in [-0.39, 0.29) is 17.8 Å². The molecule has 0 saturated carbocycles. The number of aliphatic hydroxyl groups is 2. The summed E-state index contributed by atoms with van der Waals surface area (Å²) < 4.78 is 4.92. The number of hydrogen-bond acceptors (Lipinski definition) is 4. The number of aliphatic hydroxyl groups excluding tert-OH is 1. The summed E-state index contributed by atoms with van der Waals surface area (Å²) >= 11 is 0. The van der Waals surface area contributed by atoms with Crippen LogP contribution in [0, 0.1) is 11.3 Å². The summed E-state index contributed by atoms with van der Waals surface area (Å²) in [5.74, 6) is -2.38. The Bertz CT molecular complexity index is 238. The van der Waals surface area contributed by atoms with Gasteiger partial charge in [0.05, 0.1) is 12.0 Å². The molecule has 0 aromatic heterocycles. The number of carbonyl (C=O) groups is 1. The molecular formula is C12H24O4. The molecule has 0 rings (SSSR count). The summed E-state index contributed by atoms with van der Waals surface area (Å²) in [6.07, 6.45) is -0.725. The average molecular weight is 232 g/mol. The van der Waals surface area contributed by atoms with Crippen LogP contribution in [0.15, 0.2) is 0 Å². The standard InChI is InChI=1S/C12H24O4/c1-8(2)10(14)16-12(6,15)7-9(13)11(3,4)5/h8-9,13,15H,7H2,1-6H3. The van der Waals surface area contributed by atoms with Crippen LogP contribution in [-0.2, 0) is 9.53 Å². The molecule has 0 saturated heterocycles. The molecule has 0 radical (unpaired) electrons. The van der Waals surface area contributed by atoms with Crippen molar-refractivity contribution in [3.05, 3.63) is 0 Å². The van der Waals surface area contributed by atoms with E-state index in [4.69, 9.17) is 4.74 Å². The van der Waals surface area contributed by atoms with Gasteiger partial charge in [-0.2, -0.15) is 0 Å². The van der Waals surface area contributed by atoms with E-state index in [1.807, 2.05) is 20.8 Å². The highest BCUT2D eigenvalue weighted by molar-refractivity contribution is 5.71. The number of hydrogen-bond donors (Lipinski definition) is 2. The molecule has 0 aromatic carbocycles. The second kappa shape index (κ2) is 5.15. The van der Waals surface area contributed by atoms with Gasteiger partial charge in [-0.15, -0.1) is 0 Å². The monoisotopic (exact) mass is 232 g/mol. The first-order valence-corrected chi connectivity index (χ1v) is 5.59. The Morgan fingerprint density at radius 2 is 1.69 bits per heavy atom. The highest BCUT2D eigenvalue weighted by atomic mass is 16.7. The summed E-state index contributed by atoms with van der Waals surface area (Å²) in [7, 11) is 0. The second-order valence-electron chi connectivity index (χ2n) is 5.84. The Hall–Kier alpha value is -0.610. The number of rotatable bonds is 4. The zero-order valence-electron chi connectivity index (χ0n) is 11.1. The van der Waals surface area contributed by atoms with E-state index in [0.29, 0.717) is 0 Å². The van der Waals surface area contributed by atoms with E-state index < -0.39 is 17.9 Å². The summed E-state index contributed by atoms with van der Waals surface area (Å²) in [5.41, 5.74) is -0.353. The summed E-state index contributed by atoms with van der Waals surface area (Å²) in [6.45, 7) is 10.4. The molecule has 96 valence electrons. The van der Waals surface area contributed by atoms with Gasteiger partial charge in [-0.25, -0.2) is 0 Å². The van der Waals surface area contributed by atoms with Gasteiger partial charge >= 0.3 is 5.97 Å². The second-order valence-corrected chi connectivity index (χ2v) is 5.84. The van der Waals surface area contributed by atoms with Crippen LogP contribution < -0.4 is 0 Å². The molecule has 0 aromatic rings. The molecule has 2 atom stereocenters. The van der Waals surface area contributed by atoms with E-state index in [9.17, 15) is 15.0 Å². The molecule has 16 heavy (non-hydrogen) atoms. The van der Waals surface area contributed by atoms with Gasteiger partial charge in [0.1, 0.15) is 0 Å². The first kappa shape index (κ1) is 15.4. The molecule has 0 aliphatic carbocycles. The fourth-order valence-corrected chi connectivity index (χ4v) is 1.04. The quantitative estimate of drug-likeness (QED) is 0.572. The zero-order chi connectivity index (χ0) is 13.1. The van der Waals surface area contributed by atoms with E-state index >= 15 is 0 Å². The molecule has 4 nitrogen and oxygen atoms in total. The van der Waals surface area contributed by atoms with Crippen molar-refractivity contribution in [2.24, 2.45) is 11.3 Å². The Labute approximate surface area is 97.6 Å². The van der Waals surface area contributed by atoms with Gasteiger partial charge in [0, 0.05) is 13.3 Å². The summed E-state index contributed by atoms with van der Waals surface area (Å²) in [5, 5.41) is 19.7. The van der Waals surface area contributed by atoms with Gasteiger partial charge < -0.3 is 14.9 Å². The van der Waals surface area contributed by atoms with Crippen LogP contribution in [0.5, 0.6) is 0 Å². The van der Waals surface area contributed by atoms with Crippen molar-refractivity contribution in [2.45, 2.75) is 59.9 Å². The minimum absolute atomic E-state index is 0.00889. The van der Waals surface area contributed by atoms with E-state index in [0.717, 1.165) is 0 Å². The van der Waals surface area contributed by atoms with E-state index in [2.05, 4.69) is 0 Å². The van der Waals surface area contributed by atoms with Crippen LogP contribution in [0.2, 0.25) is 0 Å². The Morgan fingerprint density at radius 1 is 1.25 bits per heavy atom. The van der Waals surface area contributed by atoms with Crippen LogP contribution in [0.4, 0.5) is 0 Å². The lowest BCUT2D eigenvalue weighted by atomic mass is 9.85. The molecule has 0 aliphatic heterocycles. The third-order valence-electron chi connectivity index (χ3n) is 2.36.